The summed E-state index contributed by atoms with van der Waals surface area (Å²) in [5.74, 6) is -1.63. The second-order valence-electron chi connectivity index (χ2n) is 5.51. The fourth-order valence-corrected chi connectivity index (χ4v) is 3.48. The topological polar surface area (TPSA) is 126 Å². The van der Waals surface area contributed by atoms with Crippen molar-refractivity contribution in [1.82, 2.24) is 19.9 Å². The van der Waals surface area contributed by atoms with Gasteiger partial charge in [-0.15, -0.1) is 11.3 Å². The Morgan fingerprint density at radius 1 is 1.30 bits per heavy atom. The number of benzene rings is 1. The van der Waals surface area contributed by atoms with Gasteiger partial charge in [-0.05, 0) is 12.1 Å². The molecule has 0 saturated carbocycles. The summed E-state index contributed by atoms with van der Waals surface area (Å²) in [5.41, 5.74) is -0.135. The van der Waals surface area contributed by atoms with Crippen LogP contribution in [0.3, 0.4) is 0 Å². The number of aromatic hydroxyl groups is 1. The van der Waals surface area contributed by atoms with Gasteiger partial charge in [0.1, 0.15) is 29.9 Å². The number of rotatable bonds is 5. The molecule has 3 N–H and O–H groups in total. The molecule has 136 valence electrons. The number of carboxylic acid groups (broad SMARTS) is 1. The van der Waals surface area contributed by atoms with Crippen LogP contribution in [0, 0.1) is 0 Å². The van der Waals surface area contributed by atoms with Crippen LogP contribution in [-0.2, 0) is 4.79 Å². The quantitative estimate of drug-likeness (QED) is 0.482. The number of carbonyl (C=O) groups is 2. The number of pyridine rings is 1. The average Bonchev–Trinajstić information content (AvgIpc) is 3.27. The van der Waals surface area contributed by atoms with Gasteiger partial charge < -0.3 is 20.3 Å². The van der Waals surface area contributed by atoms with Crippen LogP contribution in [0.25, 0.3) is 15.7 Å². The van der Waals surface area contributed by atoms with Gasteiger partial charge in [0.15, 0.2) is 5.65 Å². The van der Waals surface area contributed by atoms with Crippen LogP contribution in [0.4, 0.5) is 0 Å². The zero-order valence-electron chi connectivity index (χ0n) is 13.6. The number of nitrogens with one attached hydrogen (secondary N) is 1. The number of thiophene rings is 1. The fourth-order valence-electron chi connectivity index (χ4n) is 2.62. The number of amides is 1. The molecule has 0 unspecified atom stereocenters. The van der Waals surface area contributed by atoms with Gasteiger partial charge >= 0.3 is 5.97 Å². The lowest BCUT2D eigenvalue weighted by Gasteiger charge is -2.11. The first kappa shape index (κ1) is 16.8. The van der Waals surface area contributed by atoms with E-state index < -0.39 is 24.2 Å². The number of hydrogen-bond acceptors (Lipinski definition) is 7. The lowest BCUT2D eigenvalue weighted by Crippen LogP contribution is -2.29. The number of hydrogen-bond donors (Lipinski definition) is 3. The van der Waals surface area contributed by atoms with Crippen LogP contribution in [-0.4, -0.2) is 43.2 Å². The Labute approximate surface area is 155 Å². The number of fused-ring (bicyclic) bond motifs is 2. The molecule has 3 aromatic heterocycles. The molecule has 0 aliphatic carbocycles. The van der Waals surface area contributed by atoms with Crippen molar-refractivity contribution in [3.05, 3.63) is 47.6 Å². The summed E-state index contributed by atoms with van der Waals surface area (Å²) in [4.78, 5) is 26.9. The van der Waals surface area contributed by atoms with E-state index in [4.69, 9.17) is 9.84 Å². The normalized spacial score (nSPS) is 11.0. The highest BCUT2D eigenvalue weighted by molar-refractivity contribution is 7.17. The first-order chi connectivity index (χ1) is 13.0. The molecular formula is C17H12N4O5S. The number of ether oxygens (including phenoxy) is 1. The minimum absolute atomic E-state index is 0.0485. The van der Waals surface area contributed by atoms with Crippen molar-refractivity contribution in [3.63, 3.8) is 0 Å². The van der Waals surface area contributed by atoms with Gasteiger partial charge in [-0.1, -0.05) is 12.1 Å². The molecule has 0 spiro atoms. The Hall–Kier alpha value is -3.66. The molecule has 10 heteroatoms. The Bertz CT molecular complexity index is 1180. The molecule has 1 aromatic carbocycles. The number of aromatic nitrogens is 3. The zero-order chi connectivity index (χ0) is 19.0. The molecule has 0 radical (unpaired) electrons. The number of carbonyl (C=O) groups excluding carboxylic acids is 1. The van der Waals surface area contributed by atoms with Gasteiger partial charge in [0.05, 0.1) is 0 Å². The van der Waals surface area contributed by atoms with Crippen LogP contribution >= 0.6 is 11.3 Å². The lowest BCUT2D eigenvalue weighted by molar-refractivity contribution is -0.135. The molecule has 0 aliphatic heterocycles. The zero-order valence-corrected chi connectivity index (χ0v) is 14.4. The molecule has 0 fully saturated rings. The Balaban J connectivity index is 1.75. The van der Waals surface area contributed by atoms with E-state index in [1.54, 1.807) is 0 Å². The fraction of sp³-hybridized carbons (Fsp3) is 0.0588. The maximum atomic E-state index is 12.2. The number of nitrogens with zero attached hydrogens (tertiary/aromatic N) is 3. The summed E-state index contributed by atoms with van der Waals surface area (Å²) in [6.45, 7) is -0.586. The van der Waals surface area contributed by atoms with Gasteiger partial charge in [-0.2, -0.15) is 9.61 Å². The van der Waals surface area contributed by atoms with Crippen molar-refractivity contribution in [2.24, 2.45) is 0 Å². The molecule has 4 aromatic rings. The van der Waals surface area contributed by atoms with E-state index in [0.717, 1.165) is 10.1 Å². The van der Waals surface area contributed by atoms with Crippen molar-refractivity contribution in [3.8, 4) is 17.4 Å². The minimum Gasteiger partial charge on any atom is -0.507 e. The van der Waals surface area contributed by atoms with Crippen LogP contribution in [0.15, 0.2) is 42.0 Å². The van der Waals surface area contributed by atoms with Gasteiger partial charge in [-0.3, -0.25) is 9.59 Å². The molecule has 3 heterocycles. The highest BCUT2D eigenvalue weighted by atomic mass is 32.1. The SMILES string of the molecule is O=C(O)CNC(=O)c1c(O)cc(Oc2csc3ccccc23)n2ncnc12. The maximum Gasteiger partial charge on any atom is 0.322 e. The van der Waals surface area contributed by atoms with E-state index in [9.17, 15) is 14.7 Å². The van der Waals surface area contributed by atoms with Crippen molar-refractivity contribution in [2.75, 3.05) is 6.54 Å². The summed E-state index contributed by atoms with van der Waals surface area (Å²) in [6, 6.07) is 8.93. The van der Waals surface area contributed by atoms with Gasteiger partial charge in [0.25, 0.3) is 5.91 Å². The average molecular weight is 384 g/mol. The highest BCUT2D eigenvalue weighted by Gasteiger charge is 2.22. The van der Waals surface area contributed by atoms with Crippen molar-refractivity contribution < 1.29 is 24.5 Å². The van der Waals surface area contributed by atoms with Crippen LogP contribution in [0.2, 0.25) is 0 Å². The molecule has 0 aliphatic rings. The smallest absolute Gasteiger partial charge is 0.322 e. The first-order valence-corrected chi connectivity index (χ1v) is 8.62. The number of aliphatic carboxylic acids is 1. The molecule has 0 atom stereocenters. The van der Waals surface area contributed by atoms with Gasteiger partial charge in [0, 0.05) is 21.5 Å². The molecule has 9 nitrogen and oxygen atoms in total. The third-order valence-electron chi connectivity index (χ3n) is 3.78. The monoisotopic (exact) mass is 384 g/mol. The van der Waals surface area contributed by atoms with E-state index in [-0.39, 0.29) is 17.1 Å². The van der Waals surface area contributed by atoms with Crippen molar-refractivity contribution >= 4 is 38.9 Å². The maximum absolute atomic E-state index is 12.2. The molecule has 1 amide bonds. The molecule has 0 saturated heterocycles. The molecular weight excluding hydrogens is 372 g/mol. The van der Waals surface area contributed by atoms with Crippen LogP contribution < -0.4 is 10.1 Å². The second-order valence-corrected chi connectivity index (χ2v) is 6.42. The standard InChI is InChI=1S/C17H12N4O5S/c22-10-5-13(26-11-7-27-12-4-2-1-3-9(11)12)21-16(19-8-20-21)15(10)17(25)18-6-14(23)24/h1-5,7-8,22H,6H2,(H,18,25)(H,23,24). The third-order valence-corrected chi connectivity index (χ3v) is 4.73. The Morgan fingerprint density at radius 3 is 2.93 bits per heavy atom. The van der Waals surface area contributed by atoms with E-state index >= 15 is 0 Å². The Kier molecular flexibility index (Phi) is 4.09. The second kappa shape index (κ2) is 6.57. The summed E-state index contributed by atoms with van der Waals surface area (Å²) >= 11 is 1.51. The van der Waals surface area contributed by atoms with Crippen molar-refractivity contribution in [2.45, 2.75) is 0 Å². The predicted octanol–water partition coefficient (Wildman–Crippen LogP) is 2.26. The van der Waals surface area contributed by atoms with E-state index in [1.165, 1.54) is 28.2 Å². The summed E-state index contributed by atoms with van der Waals surface area (Å²) in [5, 5.41) is 28.0. The van der Waals surface area contributed by atoms with E-state index in [2.05, 4.69) is 15.4 Å². The first-order valence-electron chi connectivity index (χ1n) is 7.74. The molecule has 27 heavy (non-hydrogen) atoms. The minimum atomic E-state index is -1.20. The van der Waals surface area contributed by atoms with Gasteiger partial charge in [0.2, 0.25) is 5.88 Å². The predicted molar refractivity (Wildman–Crippen MR) is 96.5 cm³/mol. The van der Waals surface area contributed by atoms with E-state index in [1.807, 2.05) is 29.6 Å². The summed E-state index contributed by atoms with van der Waals surface area (Å²) in [7, 11) is 0. The van der Waals surface area contributed by atoms with Crippen molar-refractivity contribution in [1.29, 1.82) is 0 Å². The largest absolute Gasteiger partial charge is 0.507 e. The number of carboxylic acids is 1. The third kappa shape index (κ3) is 3.02. The highest BCUT2D eigenvalue weighted by Crippen LogP contribution is 2.36. The van der Waals surface area contributed by atoms with Crippen LogP contribution in [0.5, 0.6) is 17.4 Å². The van der Waals surface area contributed by atoms with Gasteiger partial charge in [-0.25, -0.2) is 4.98 Å². The lowest BCUT2D eigenvalue weighted by atomic mass is 10.2. The van der Waals surface area contributed by atoms with Crippen LogP contribution in [0.1, 0.15) is 10.4 Å². The molecule has 4 rings (SSSR count). The Morgan fingerprint density at radius 2 is 2.11 bits per heavy atom. The van der Waals surface area contributed by atoms with E-state index in [0.29, 0.717) is 5.75 Å². The summed E-state index contributed by atoms with van der Waals surface area (Å²) in [6.07, 6.45) is 1.21. The summed E-state index contributed by atoms with van der Waals surface area (Å²) < 4.78 is 8.21. The molecule has 0 bridgehead atoms.